The summed E-state index contributed by atoms with van der Waals surface area (Å²) < 4.78 is 26.5. The Morgan fingerprint density at radius 1 is 1.33 bits per heavy atom. The SMILES string of the molecule is Cc1ccccc1S(=O)(=O)N1CCCCC1C#N. The van der Waals surface area contributed by atoms with Gasteiger partial charge in [0.05, 0.1) is 11.0 Å². The molecule has 18 heavy (non-hydrogen) atoms. The molecule has 0 bridgehead atoms. The normalized spacial score (nSPS) is 21.4. The molecule has 1 fully saturated rings. The standard InChI is InChI=1S/C13H16N2O2S/c1-11-6-2-3-8-13(11)18(16,17)15-9-5-4-7-12(15)10-14/h2-3,6,8,12H,4-5,7,9H2,1H3. The first kappa shape index (κ1) is 13.1. The van der Waals surface area contributed by atoms with Crippen molar-refractivity contribution >= 4 is 10.0 Å². The number of hydrogen-bond donors (Lipinski definition) is 0. The molecule has 2 rings (SSSR count). The smallest absolute Gasteiger partial charge is 0.207 e. The quantitative estimate of drug-likeness (QED) is 0.821. The molecule has 0 aromatic heterocycles. The minimum atomic E-state index is -3.54. The van der Waals surface area contributed by atoms with Crippen LogP contribution < -0.4 is 0 Å². The van der Waals surface area contributed by atoms with Gasteiger partial charge in [-0.2, -0.15) is 9.57 Å². The van der Waals surface area contributed by atoms with Gasteiger partial charge in [0.15, 0.2) is 0 Å². The van der Waals surface area contributed by atoms with E-state index in [9.17, 15) is 8.42 Å². The van der Waals surface area contributed by atoms with Crippen LogP contribution in [-0.4, -0.2) is 25.3 Å². The van der Waals surface area contributed by atoms with Crippen LogP contribution in [0.4, 0.5) is 0 Å². The van der Waals surface area contributed by atoms with Gasteiger partial charge in [-0.15, -0.1) is 0 Å². The van der Waals surface area contributed by atoms with E-state index in [2.05, 4.69) is 6.07 Å². The maximum absolute atomic E-state index is 12.6. The second kappa shape index (κ2) is 5.09. The van der Waals surface area contributed by atoms with E-state index in [-0.39, 0.29) is 0 Å². The fourth-order valence-corrected chi connectivity index (χ4v) is 4.13. The first-order chi connectivity index (χ1) is 8.57. The van der Waals surface area contributed by atoms with E-state index < -0.39 is 16.1 Å². The Hall–Kier alpha value is -1.38. The van der Waals surface area contributed by atoms with Gasteiger partial charge >= 0.3 is 0 Å². The highest BCUT2D eigenvalue weighted by molar-refractivity contribution is 7.89. The lowest BCUT2D eigenvalue weighted by Crippen LogP contribution is -2.43. The number of piperidine rings is 1. The Morgan fingerprint density at radius 3 is 2.72 bits per heavy atom. The van der Waals surface area contributed by atoms with E-state index in [0.29, 0.717) is 17.9 Å². The summed E-state index contributed by atoms with van der Waals surface area (Å²) in [5.41, 5.74) is 0.722. The number of nitriles is 1. The molecule has 0 saturated carbocycles. The van der Waals surface area contributed by atoms with Crippen molar-refractivity contribution in [2.45, 2.75) is 37.1 Å². The lowest BCUT2D eigenvalue weighted by Gasteiger charge is -2.30. The van der Waals surface area contributed by atoms with Gasteiger partial charge in [-0.05, 0) is 37.8 Å². The number of benzene rings is 1. The maximum atomic E-state index is 12.6. The second-order valence-corrected chi connectivity index (χ2v) is 6.38. The summed E-state index contributed by atoms with van der Waals surface area (Å²) in [6.45, 7) is 2.22. The van der Waals surface area contributed by atoms with Crippen LogP contribution in [-0.2, 0) is 10.0 Å². The molecule has 96 valence electrons. The first-order valence-electron chi connectivity index (χ1n) is 6.04. The van der Waals surface area contributed by atoms with Gasteiger partial charge in [0.2, 0.25) is 10.0 Å². The van der Waals surface area contributed by atoms with Crippen molar-refractivity contribution in [3.05, 3.63) is 29.8 Å². The van der Waals surface area contributed by atoms with E-state index in [4.69, 9.17) is 5.26 Å². The highest BCUT2D eigenvalue weighted by atomic mass is 32.2. The molecule has 4 nitrogen and oxygen atoms in total. The lowest BCUT2D eigenvalue weighted by molar-refractivity contribution is 0.297. The Labute approximate surface area is 108 Å². The molecule has 0 aliphatic carbocycles. The molecule has 1 heterocycles. The average molecular weight is 264 g/mol. The summed E-state index contributed by atoms with van der Waals surface area (Å²) in [6.07, 6.45) is 2.36. The molecule has 1 aliphatic rings. The van der Waals surface area contributed by atoms with Crippen LogP contribution in [0.1, 0.15) is 24.8 Å². The Morgan fingerprint density at radius 2 is 2.06 bits per heavy atom. The monoisotopic (exact) mass is 264 g/mol. The molecule has 0 N–H and O–H groups in total. The number of hydrogen-bond acceptors (Lipinski definition) is 3. The highest BCUT2D eigenvalue weighted by Crippen LogP contribution is 2.26. The van der Waals surface area contributed by atoms with Crippen molar-refractivity contribution in [1.82, 2.24) is 4.31 Å². The summed E-state index contributed by atoms with van der Waals surface area (Å²) in [5, 5.41) is 9.08. The molecule has 1 aromatic rings. The zero-order chi connectivity index (χ0) is 13.2. The summed E-state index contributed by atoms with van der Waals surface area (Å²) >= 11 is 0. The number of sulfonamides is 1. The Balaban J connectivity index is 2.43. The third kappa shape index (κ3) is 2.26. The fourth-order valence-electron chi connectivity index (χ4n) is 2.29. The molecular formula is C13H16N2O2S. The van der Waals surface area contributed by atoms with E-state index in [1.807, 2.05) is 6.07 Å². The Bertz CT molecular complexity index is 575. The molecular weight excluding hydrogens is 248 g/mol. The van der Waals surface area contributed by atoms with Gasteiger partial charge in [-0.3, -0.25) is 0 Å². The van der Waals surface area contributed by atoms with Gasteiger partial charge in [0, 0.05) is 6.54 Å². The molecule has 0 radical (unpaired) electrons. The van der Waals surface area contributed by atoms with Crippen molar-refractivity contribution in [3.63, 3.8) is 0 Å². The predicted octanol–water partition coefficient (Wildman–Crippen LogP) is 2.06. The predicted molar refractivity (Wildman–Crippen MR) is 68.3 cm³/mol. The average Bonchev–Trinajstić information content (AvgIpc) is 2.39. The van der Waals surface area contributed by atoms with Gasteiger partial charge in [0.1, 0.15) is 6.04 Å². The third-order valence-electron chi connectivity index (χ3n) is 3.28. The van der Waals surface area contributed by atoms with E-state index in [1.165, 1.54) is 4.31 Å². The maximum Gasteiger partial charge on any atom is 0.244 e. The molecule has 1 saturated heterocycles. The van der Waals surface area contributed by atoms with Crippen molar-refractivity contribution in [3.8, 4) is 6.07 Å². The zero-order valence-corrected chi connectivity index (χ0v) is 11.2. The second-order valence-electron chi connectivity index (χ2n) is 4.52. The van der Waals surface area contributed by atoms with Crippen molar-refractivity contribution in [2.24, 2.45) is 0 Å². The van der Waals surface area contributed by atoms with E-state index in [1.54, 1.807) is 25.1 Å². The topological polar surface area (TPSA) is 61.2 Å². The summed E-state index contributed by atoms with van der Waals surface area (Å²) in [7, 11) is -3.54. The zero-order valence-electron chi connectivity index (χ0n) is 10.3. The highest BCUT2D eigenvalue weighted by Gasteiger charge is 2.34. The van der Waals surface area contributed by atoms with Gasteiger partial charge in [-0.25, -0.2) is 8.42 Å². The lowest BCUT2D eigenvalue weighted by atomic mass is 10.1. The van der Waals surface area contributed by atoms with Gasteiger partial charge < -0.3 is 0 Å². The minimum absolute atomic E-state index is 0.312. The molecule has 1 atom stereocenters. The van der Waals surface area contributed by atoms with Crippen molar-refractivity contribution < 1.29 is 8.42 Å². The molecule has 0 spiro atoms. The van der Waals surface area contributed by atoms with Crippen LogP contribution in [0.3, 0.4) is 0 Å². The summed E-state index contributed by atoms with van der Waals surface area (Å²) in [4.78, 5) is 0.312. The number of nitrogens with zero attached hydrogens (tertiary/aromatic N) is 2. The molecule has 1 unspecified atom stereocenters. The number of rotatable bonds is 2. The largest absolute Gasteiger partial charge is 0.244 e. The van der Waals surface area contributed by atoms with Crippen LogP contribution in [0.25, 0.3) is 0 Å². The van der Waals surface area contributed by atoms with Gasteiger partial charge in [0.25, 0.3) is 0 Å². The van der Waals surface area contributed by atoms with E-state index in [0.717, 1.165) is 18.4 Å². The molecule has 1 aromatic carbocycles. The summed E-state index contributed by atoms with van der Waals surface area (Å²) in [6, 6.07) is 8.48. The third-order valence-corrected chi connectivity index (χ3v) is 5.35. The Kier molecular flexibility index (Phi) is 3.69. The van der Waals surface area contributed by atoms with Gasteiger partial charge in [-0.1, -0.05) is 18.2 Å². The fraction of sp³-hybridized carbons (Fsp3) is 0.462. The van der Waals surface area contributed by atoms with Crippen molar-refractivity contribution in [2.75, 3.05) is 6.54 Å². The van der Waals surface area contributed by atoms with Crippen LogP contribution in [0.15, 0.2) is 29.2 Å². The first-order valence-corrected chi connectivity index (χ1v) is 7.48. The minimum Gasteiger partial charge on any atom is -0.207 e. The van der Waals surface area contributed by atoms with Crippen LogP contribution in [0, 0.1) is 18.3 Å². The van der Waals surface area contributed by atoms with E-state index >= 15 is 0 Å². The number of aryl methyl sites for hydroxylation is 1. The van der Waals surface area contributed by atoms with Crippen molar-refractivity contribution in [1.29, 1.82) is 5.26 Å². The van der Waals surface area contributed by atoms with Crippen LogP contribution in [0.5, 0.6) is 0 Å². The molecule has 5 heteroatoms. The van der Waals surface area contributed by atoms with Crippen LogP contribution >= 0.6 is 0 Å². The molecule has 1 aliphatic heterocycles. The summed E-state index contributed by atoms with van der Waals surface area (Å²) in [5.74, 6) is 0. The van der Waals surface area contributed by atoms with Crippen LogP contribution in [0.2, 0.25) is 0 Å². The molecule has 0 amide bonds.